The number of nitrogens with one attached hydrogen (secondary N) is 1. The summed E-state index contributed by atoms with van der Waals surface area (Å²) < 4.78 is 5.62. The Labute approximate surface area is 115 Å². The molecule has 0 atom stereocenters. The lowest BCUT2D eigenvalue weighted by atomic mass is 9.90. The van der Waals surface area contributed by atoms with E-state index in [0.29, 0.717) is 5.88 Å². The normalized spacial score (nSPS) is 18.7. The Morgan fingerprint density at radius 1 is 1.32 bits per heavy atom. The van der Waals surface area contributed by atoms with Gasteiger partial charge in [-0.1, -0.05) is 0 Å². The van der Waals surface area contributed by atoms with Crippen LogP contribution in [0.2, 0.25) is 0 Å². The van der Waals surface area contributed by atoms with Gasteiger partial charge in [0.1, 0.15) is 12.1 Å². The monoisotopic (exact) mass is 264 g/mol. The van der Waals surface area contributed by atoms with Gasteiger partial charge >= 0.3 is 0 Å². The van der Waals surface area contributed by atoms with E-state index in [9.17, 15) is 0 Å². The molecule has 0 unspecified atom stereocenters. The Kier molecular flexibility index (Phi) is 4.24. The van der Waals surface area contributed by atoms with Gasteiger partial charge in [-0.3, -0.25) is 0 Å². The summed E-state index contributed by atoms with van der Waals surface area (Å²) >= 11 is 0. The molecule has 1 fully saturated rings. The predicted molar refractivity (Wildman–Crippen MR) is 76.7 cm³/mol. The van der Waals surface area contributed by atoms with Gasteiger partial charge in [0.2, 0.25) is 5.88 Å². The average Bonchev–Trinajstić information content (AvgIpc) is 2.39. The third kappa shape index (κ3) is 3.56. The molecule has 0 saturated carbocycles. The second kappa shape index (κ2) is 5.74. The molecule has 0 amide bonds. The minimum atomic E-state index is 0.136. The van der Waals surface area contributed by atoms with Crippen molar-refractivity contribution in [2.45, 2.75) is 45.3 Å². The van der Waals surface area contributed by atoms with Crippen LogP contribution in [0.15, 0.2) is 12.4 Å². The van der Waals surface area contributed by atoms with Gasteiger partial charge in [-0.2, -0.15) is 0 Å². The standard InChI is InChI=1S/C14H24N4O/c1-11(2)19-13-9-12(16-10-17-13)18-7-5-14(3,15-4)6-8-18/h9-11,15H,5-8H2,1-4H3. The molecule has 0 bridgehead atoms. The summed E-state index contributed by atoms with van der Waals surface area (Å²) in [7, 11) is 2.04. The molecule has 0 aromatic carbocycles. The van der Waals surface area contributed by atoms with Gasteiger partial charge < -0.3 is 15.0 Å². The first-order valence-electron chi connectivity index (χ1n) is 6.95. The maximum atomic E-state index is 5.62. The zero-order valence-electron chi connectivity index (χ0n) is 12.3. The van der Waals surface area contributed by atoms with Crippen LogP contribution in [0.5, 0.6) is 5.88 Å². The molecule has 106 valence electrons. The maximum absolute atomic E-state index is 5.62. The first kappa shape index (κ1) is 14.1. The Bertz CT molecular complexity index is 414. The molecule has 1 aromatic heterocycles. The third-order valence-electron chi connectivity index (χ3n) is 3.78. The summed E-state index contributed by atoms with van der Waals surface area (Å²) in [5.41, 5.74) is 0.251. The number of nitrogens with zero attached hydrogens (tertiary/aromatic N) is 3. The second-order valence-electron chi connectivity index (χ2n) is 5.68. The predicted octanol–water partition coefficient (Wildman–Crippen LogP) is 1.84. The fourth-order valence-corrected chi connectivity index (χ4v) is 2.29. The van der Waals surface area contributed by atoms with E-state index < -0.39 is 0 Å². The number of aromatic nitrogens is 2. The minimum absolute atomic E-state index is 0.136. The number of anilines is 1. The lowest BCUT2D eigenvalue weighted by Crippen LogP contribution is -2.50. The molecule has 19 heavy (non-hydrogen) atoms. The van der Waals surface area contributed by atoms with Crippen LogP contribution in [-0.4, -0.2) is 41.7 Å². The number of ether oxygens (including phenoxy) is 1. The van der Waals surface area contributed by atoms with Crippen molar-refractivity contribution in [1.29, 1.82) is 0 Å². The van der Waals surface area contributed by atoms with Crippen molar-refractivity contribution in [3.05, 3.63) is 12.4 Å². The Balaban J connectivity index is 2.03. The van der Waals surface area contributed by atoms with Gasteiger partial charge in [0.25, 0.3) is 0 Å². The van der Waals surface area contributed by atoms with Crippen molar-refractivity contribution < 1.29 is 4.74 Å². The van der Waals surface area contributed by atoms with Crippen molar-refractivity contribution in [3.8, 4) is 5.88 Å². The molecule has 1 saturated heterocycles. The SMILES string of the molecule is CNC1(C)CCN(c2cc(OC(C)C)ncn2)CC1. The molecular formula is C14H24N4O. The number of hydrogen-bond acceptors (Lipinski definition) is 5. The first-order valence-corrected chi connectivity index (χ1v) is 6.95. The average molecular weight is 264 g/mol. The molecule has 0 aliphatic carbocycles. The van der Waals surface area contributed by atoms with Crippen LogP contribution in [0, 0.1) is 0 Å². The fraction of sp³-hybridized carbons (Fsp3) is 0.714. The van der Waals surface area contributed by atoms with E-state index in [-0.39, 0.29) is 11.6 Å². The van der Waals surface area contributed by atoms with Gasteiger partial charge in [-0.05, 0) is 40.7 Å². The van der Waals surface area contributed by atoms with E-state index in [1.807, 2.05) is 27.0 Å². The molecule has 1 N–H and O–H groups in total. The van der Waals surface area contributed by atoms with Crippen molar-refractivity contribution in [2.75, 3.05) is 25.0 Å². The van der Waals surface area contributed by atoms with Crippen LogP contribution in [-0.2, 0) is 0 Å². The number of rotatable bonds is 4. The summed E-state index contributed by atoms with van der Waals surface area (Å²) in [6, 6.07) is 1.93. The fourth-order valence-electron chi connectivity index (χ4n) is 2.29. The Hall–Kier alpha value is -1.36. The summed E-state index contributed by atoms with van der Waals surface area (Å²) in [5, 5.41) is 3.41. The molecule has 2 heterocycles. The van der Waals surface area contributed by atoms with Crippen LogP contribution in [0.4, 0.5) is 5.82 Å². The van der Waals surface area contributed by atoms with Crippen LogP contribution in [0.3, 0.4) is 0 Å². The molecule has 5 heteroatoms. The van der Waals surface area contributed by atoms with E-state index in [2.05, 4.69) is 27.1 Å². The summed E-state index contributed by atoms with van der Waals surface area (Å²) in [6.45, 7) is 8.30. The molecule has 0 spiro atoms. The molecule has 1 aliphatic heterocycles. The smallest absolute Gasteiger partial charge is 0.218 e. The van der Waals surface area contributed by atoms with E-state index in [4.69, 9.17) is 4.74 Å². The van der Waals surface area contributed by atoms with E-state index in [1.54, 1.807) is 6.33 Å². The van der Waals surface area contributed by atoms with Crippen LogP contribution in [0.25, 0.3) is 0 Å². The van der Waals surface area contributed by atoms with Gasteiger partial charge in [-0.25, -0.2) is 9.97 Å². The third-order valence-corrected chi connectivity index (χ3v) is 3.78. The van der Waals surface area contributed by atoms with Crippen molar-refractivity contribution in [2.24, 2.45) is 0 Å². The zero-order valence-corrected chi connectivity index (χ0v) is 12.3. The Morgan fingerprint density at radius 2 is 2.00 bits per heavy atom. The summed E-state index contributed by atoms with van der Waals surface area (Å²) in [5.74, 6) is 1.62. The van der Waals surface area contributed by atoms with E-state index >= 15 is 0 Å². The first-order chi connectivity index (χ1) is 9.02. The molecule has 1 aromatic rings. The largest absolute Gasteiger partial charge is 0.475 e. The maximum Gasteiger partial charge on any atom is 0.218 e. The van der Waals surface area contributed by atoms with Crippen molar-refractivity contribution in [3.63, 3.8) is 0 Å². The molecule has 1 aliphatic rings. The van der Waals surface area contributed by atoms with Crippen molar-refractivity contribution in [1.82, 2.24) is 15.3 Å². The van der Waals surface area contributed by atoms with Gasteiger partial charge in [0, 0.05) is 24.7 Å². The quantitative estimate of drug-likeness (QED) is 0.899. The molecule has 2 rings (SSSR count). The highest BCUT2D eigenvalue weighted by molar-refractivity contribution is 5.41. The highest BCUT2D eigenvalue weighted by Gasteiger charge is 2.28. The van der Waals surface area contributed by atoms with Crippen LogP contribution < -0.4 is 15.0 Å². The minimum Gasteiger partial charge on any atom is -0.475 e. The van der Waals surface area contributed by atoms with Gasteiger partial charge in [0.15, 0.2) is 0 Å². The number of hydrogen-bond donors (Lipinski definition) is 1. The van der Waals surface area contributed by atoms with Gasteiger partial charge in [0.05, 0.1) is 6.10 Å². The summed E-state index contributed by atoms with van der Waals surface area (Å²) in [4.78, 5) is 10.8. The Morgan fingerprint density at radius 3 is 2.58 bits per heavy atom. The topological polar surface area (TPSA) is 50.3 Å². The van der Waals surface area contributed by atoms with Crippen molar-refractivity contribution >= 4 is 5.82 Å². The zero-order chi connectivity index (χ0) is 13.9. The molecular weight excluding hydrogens is 240 g/mol. The number of piperidine rings is 1. The second-order valence-corrected chi connectivity index (χ2v) is 5.68. The van der Waals surface area contributed by atoms with Crippen LogP contribution >= 0.6 is 0 Å². The lowest BCUT2D eigenvalue weighted by molar-refractivity contribution is 0.232. The van der Waals surface area contributed by atoms with Crippen LogP contribution in [0.1, 0.15) is 33.6 Å². The van der Waals surface area contributed by atoms with Gasteiger partial charge in [-0.15, -0.1) is 0 Å². The molecule has 5 nitrogen and oxygen atoms in total. The highest BCUT2D eigenvalue weighted by atomic mass is 16.5. The van der Waals surface area contributed by atoms with E-state index in [0.717, 1.165) is 31.7 Å². The highest BCUT2D eigenvalue weighted by Crippen LogP contribution is 2.25. The lowest BCUT2D eigenvalue weighted by Gasteiger charge is -2.39. The molecule has 0 radical (unpaired) electrons. The van der Waals surface area contributed by atoms with E-state index in [1.165, 1.54) is 0 Å². The summed E-state index contributed by atoms with van der Waals surface area (Å²) in [6.07, 6.45) is 3.96.